The largest absolute Gasteiger partial charge is 0.373 e. The molecule has 4 heteroatoms. The normalized spacial score (nSPS) is 17.2. The average molecular weight is 362 g/mol. The molecule has 2 heterocycles. The van der Waals surface area contributed by atoms with Gasteiger partial charge in [0.1, 0.15) is 0 Å². The number of aromatic amines is 1. The molecular formula is C23H26N2O2. The van der Waals surface area contributed by atoms with E-state index < -0.39 is 0 Å². The molecule has 1 atom stereocenters. The molecule has 4 rings (SSSR count). The molecule has 0 radical (unpaired) electrons. The molecule has 140 valence electrons. The van der Waals surface area contributed by atoms with Crippen molar-refractivity contribution >= 4 is 16.7 Å². The number of fused-ring (bicyclic) bond motifs is 1. The maximum Gasteiger partial charge on any atom is 0.181 e. The van der Waals surface area contributed by atoms with Gasteiger partial charge in [0.15, 0.2) is 5.78 Å². The number of carbonyl (C=O) groups is 1. The summed E-state index contributed by atoms with van der Waals surface area (Å²) >= 11 is 0. The molecule has 1 saturated heterocycles. The first-order valence-corrected chi connectivity index (χ1v) is 9.72. The SMILES string of the molecule is CC(C(=O)c1c[nH]c2ccccc12)N1CCC(OCc2ccccc2)CC1. The van der Waals surface area contributed by atoms with Crippen molar-refractivity contribution in [1.82, 2.24) is 9.88 Å². The van der Waals surface area contributed by atoms with Crippen molar-refractivity contribution in [1.29, 1.82) is 0 Å². The number of hydrogen-bond acceptors (Lipinski definition) is 3. The monoisotopic (exact) mass is 362 g/mol. The second-order valence-corrected chi connectivity index (χ2v) is 7.32. The third-order valence-electron chi connectivity index (χ3n) is 5.59. The number of Topliss-reactive ketones (excluding diaryl/α,β-unsaturated/α-hetero) is 1. The summed E-state index contributed by atoms with van der Waals surface area (Å²) in [5, 5.41) is 1.01. The third kappa shape index (κ3) is 3.97. The van der Waals surface area contributed by atoms with Gasteiger partial charge in [-0.15, -0.1) is 0 Å². The molecule has 2 aromatic carbocycles. The van der Waals surface area contributed by atoms with E-state index in [9.17, 15) is 4.79 Å². The summed E-state index contributed by atoms with van der Waals surface area (Å²) in [5.74, 6) is 0.191. The number of ether oxygens (including phenoxy) is 1. The predicted molar refractivity (Wildman–Crippen MR) is 108 cm³/mol. The van der Waals surface area contributed by atoms with Crippen LogP contribution in [-0.4, -0.2) is 40.9 Å². The smallest absolute Gasteiger partial charge is 0.181 e. The summed E-state index contributed by atoms with van der Waals surface area (Å²) in [5.41, 5.74) is 3.02. The standard InChI is InChI=1S/C23H26N2O2/c1-17(23(26)21-15-24-22-10-6-5-9-20(21)22)25-13-11-19(12-14-25)27-16-18-7-3-2-4-8-18/h2-10,15,17,19,24H,11-14,16H2,1H3. The highest BCUT2D eigenvalue weighted by atomic mass is 16.5. The minimum atomic E-state index is -0.112. The molecule has 0 saturated carbocycles. The van der Waals surface area contributed by atoms with Crippen molar-refractivity contribution < 1.29 is 9.53 Å². The van der Waals surface area contributed by atoms with Gasteiger partial charge >= 0.3 is 0 Å². The van der Waals surface area contributed by atoms with E-state index >= 15 is 0 Å². The molecule has 1 aliphatic rings. The summed E-state index contributed by atoms with van der Waals surface area (Å²) in [4.78, 5) is 18.5. The first-order chi connectivity index (χ1) is 13.2. The highest BCUT2D eigenvalue weighted by Crippen LogP contribution is 2.23. The number of hydrogen-bond donors (Lipinski definition) is 1. The zero-order chi connectivity index (χ0) is 18.6. The predicted octanol–water partition coefficient (Wildman–Crippen LogP) is 4.42. The van der Waals surface area contributed by atoms with Gasteiger partial charge < -0.3 is 9.72 Å². The number of para-hydroxylation sites is 1. The first kappa shape index (κ1) is 18.0. The summed E-state index contributed by atoms with van der Waals surface area (Å²) in [6.45, 7) is 4.48. The van der Waals surface area contributed by atoms with Crippen LogP contribution in [0.5, 0.6) is 0 Å². The van der Waals surface area contributed by atoms with E-state index in [0.717, 1.165) is 42.4 Å². The van der Waals surface area contributed by atoms with E-state index in [1.807, 2.05) is 55.6 Å². The van der Waals surface area contributed by atoms with Crippen molar-refractivity contribution in [2.24, 2.45) is 0 Å². The van der Waals surface area contributed by atoms with E-state index in [-0.39, 0.29) is 17.9 Å². The third-order valence-corrected chi connectivity index (χ3v) is 5.59. The topological polar surface area (TPSA) is 45.3 Å². The van der Waals surface area contributed by atoms with E-state index in [1.165, 1.54) is 5.56 Å². The summed E-state index contributed by atoms with van der Waals surface area (Å²) in [6, 6.07) is 18.2. The number of nitrogens with one attached hydrogen (secondary N) is 1. The van der Waals surface area contributed by atoms with Gasteiger partial charge in [0.25, 0.3) is 0 Å². The molecule has 1 N–H and O–H groups in total. The van der Waals surface area contributed by atoms with Crippen LogP contribution in [0.4, 0.5) is 0 Å². The number of nitrogens with zero attached hydrogens (tertiary/aromatic N) is 1. The molecule has 0 amide bonds. The van der Waals surface area contributed by atoms with Gasteiger partial charge in [0, 0.05) is 35.8 Å². The van der Waals surface area contributed by atoms with Crippen LogP contribution in [0.3, 0.4) is 0 Å². The Labute approximate surface area is 160 Å². The Morgan fingerprint density at radius 3 is 2.59 bits per heavy atom. The molecule has 0 bridgehead atoms. The lowest BCUT2D eigenvalue weighted by Crippen LogP contribution is -2.45. The summed E-state index contributed by atoms with van der Waals surface area (Å²) in [7, 11) is 0. The Hall–Kier alpha value is -2.43. The lowest BCUT2D eigenvalue weighted by molar-refractivity contribution is -0.00810. The molecule has 3 aromatic rings. The van der Waals surface area contributed by atoms with Crippen LogP contribution >= 0.6 is 0 Å². The maximum absolute atomic E-state index is 13.0. The quantitative estimate of drug-likeness (QED) is 0.660. The Balaban J connectivity index is 1.33. The number of piperidine rings is 1. The van der Waals surface area contributed by atoms with Crippen LogP contribution in [0.1, 0.15) is 35.7 Å². The van der Waals surface area contributed by atoms with E-state index in [1.54, 1.807) is 0 Å². The van der Waals surface area contributed by atoms with Crippen LogP contribution in [0.15, 0.2) is 60.8 Å². The van der Waals surface area contributed by atoms with Crippen LogP contribution in [0.25, 0.3) is 10.9 Å². The Bertz CT molecular complexity index is 895. The maximum atomic E-state index is 13.0. The zero-order valence-corrected chi connectivity index (χ0v) is 15.7. The Morgan fingerprint density at radius 2 is 1.81 bits per heavy atom. The van der Waals surface area contributed by atoms with E-state index in [0.29, 0.717) is 6.61 Å². The fraction of sp³-hybridized carbons (Fsp3) is 0.348. The van der Waals surface area contributed by atoms with Gasteiger partial charge in [-0.2, -0.15) is 0 Å². The van der Waals surface area contributed by atoms with Gasteiger partial charge in [0.2, 0.25) is 0 Å². The number of ketones is 1. The number of rotatable bonds is 6. The lowest BCUT2D eigenvalue weighted by Gasteiger charge is -2.35. The van der Waals surface area contributed by atoms with Gasteiger partial charge in [0.05, 0.1) is 18.8 Å². The molecular weight excluding hydrogens is 336 g/mol. The molecule has 1 aromatic heterocycles. The van der Waals surface area contributed by atoms with Crippen LogP contribution < -0.4 is 0 Å². The fourth-order valence-electron chi connectivity index (χ4n) is 3.88. The Morgan fingerprint density at radius 1 is 1.11 bits per heavy atom. The fourth-order valence-corrected chi connectivity index (χ4v) is 3.88. The minimum Gasteiger partial charge on any atom is -0.373 e. The van der Waals surface area contributed by atoms with Gasteiger partial charge in [-0.1, -0.05) is 48.5 Å². The average Bonchev–Trinajstić information content (AvgIpc) is 3.16. The second kappa shape index (κ2) is 8.07. The van der Waals surface area contributed by atoms with Crippen LogP contribution in [0, 0.1) is 0 Å². The summed E-state index contributed by atoms with van der Waals surface area (Å²) in [6.07, 6.45) is 4.06. The molecule has 1 fully saturated rings. The molecule has 0 aliphatic carbocycles. The van der Waals surface area contributed by atoms with Crippen molar-refractivity contribution in [3.05, 3.63) is 71.9 Å². The van der Waals surface area contributed by atoms with E-state index in [2.05, 4.69) is 22.0 Å². The molecule has 1 unspecified atom stereocenters. The lowest BCUT2D eigenvalue weighted by atomic mass is 10.00. The second-order valence-electron chi connectivity index (χ2n) is 7.32. The summed E-state index contributed by atoms with van der Waals surface area (Å²) < 4.78 is 6.07. The van der Waals surface area contributed by atoms with Crippen molar-refractivity contribution in [3.63, 3.8) is 0 Å². The molecule has 0 spiro atoms. The molecule has 4 nitrogen and oxygen atoms in total. The number of H-pyrrole nitrogens is 1. The number of carbonyl (C=O) groups excluding carboxylic acids is 1. The van der Waals surface area contributed by atoms with Crippen LogP contribution in [0.2, 0.25) is 0 Å². The number of likely N-dealkylation sites (tertiary alicyclic amines) is 1. The first-order valence-electron chi connectivity index (χ1n) is 9.72. The Kier molecular flexibility index (Phi) is 5.37. The molecule has 1 aliphatic heterocycles. The van der Waals surface area contributed by atoms with Gasteiger partial charge in [-0.05, 0) is 31.4 Å². The zero-order valence-electron chi connectivity index (χ0n) is 15.7. The van der Waals surface area contributed by atoms with Gasteiger partial charge in [-0.3, -0.25) is 9.69 Å². The van der Waals surface area contributed by atoms with E-state index in [4.69, 9.17) is 4.74 Å². The van der Waals surface area contributed by atoms with Crippen molar-refractivity contribution in [2.45, 2.75) is 38.5 Å². The number of aromatic nitrogens is 1. The molecule has 27 heavy (non-hydrogen) atoms. The highest BCUT2D eigenvalue weighted by molar-refractivity contribution is 6.10. The van der Waals surface area contributed by atoms with Crippen molar-refractivity contribution in [2.75, 3.05) is 13.1 Å². The highest BCUT2D eigenvalue weighted by Gasteiger charge is 2.28. The number of benzene rings is 2. The van der Waals surface area contributed by atoms with Crippen LogP contribution in [-0.2, 0) is 11.3 Å². The van der Waals surface area contributed by atoms with Crippen molar-refractivity contribution in [3.8, 4) is 0 Å². The van der Waals surface area contributed by atoms with Gasteiger partial charge in [-0.25, -0.2) is 0 Å². The minimum absolute atomic E-state index is 0.112.